The van der Waals surface area contributed by atoms with Crippen molar-refractivity contribution in [3.05, 3.63) is 11.6 Å². The summed E-state index contributed by atoms with van der Waals surface area (Å²) in [6, 6.07) is 0. The minimum atomic E-state index is -0.687. The molecule has 2 saturated carbocycles. The van der Waals surface area contributed by atoms with E-state index in [1.54, 1.807) is 0 Å². The van der Waals surface area contributed by atoms with Gasteiger partial charge in [-0.1, -0.05) is 32.4 Å². The molecule has 0 spiro atoms. The Balaban J connectivity index is 1.98. The molecule has 0 bridgehead atoms. The summed E-state index contributed by atoms with van der Waals surface area (Å²) in [7, 11) is 0. The van der Waals surface area contributed by atoms with Gasteiger partial charge in [-0.25, -0.2) is 0 Å². The molecule has 0 aliphatic heterocycles. The number of hydrogen-bond donors (Lipinski definition) is 3. The van der Waals surface area contributed by atoms with Crippen LogP contribution in [0.4, 0.5) is 0 Å². The predicted molar refractivity (Wildman–Crippen MR) is 92.2 cm³/mol. The monoisotopic (exact) mass is 336 g/mol. The number of hydrogen-bond acceptors (Lipinski definition) is 4. The molecule has 24 heavy (non-hydrogen) atoms. The standard InChI is InChI=1S/C20H32O4/c1-18(2)15-6-5-12-9-19(3,16(23)11-21)8-7-13(12)20(15,4)10-14(22)17(18)24/h9,13-15,17,21-22,24H,5-8,10-11H2,1-4H3/t13-,14+,15-,17+,19+,20+/m0/s1. The first-order valence-electron chi connectivity index (χ1n) is 9.28. The van der Waals surface area contributed by atoms with Crippen LogP contribution in [0.25, 0.3) is 0 Å². The maximum absolute atomic E-state index is 12.2. The first kappa shape index (κ1) is 18.1. The third-order valence-electron chi connectivity index (χ3n) is 7.67. The van der Waals surface area contributed by atoms with Crippen molar-refractivity contribution in [1.82, 2.24) is 0 Å². The lowest BCUT2D eigenvalue weighted by Gasteiger charge is -2.61. The highest BCUT2D eigenvalue weighted by atomic mass is 16.3. The van der Waals surface area contributed by atoms with E-state index in [0.717, 1.165) is 25.7 Å². The van der Waals surface area contributed by atoms with E-state index in [1.807, 2.05) is 6.92 Å². The van der Waals surface area contributed by atoms with Gasteiger partial charge in [0.25, 0.3) is 0 Å². The number of ketones is 1. The highest BCUT2D eigenvalue weighted by Gasteiger charge is 2.59. The molecule has 0 aromatic rings. The molecule has 6 atom stereocenters. The fourth-order valence-electron chi connectivity index (χ4n) is 6.27. The van der Waals surface area contributed by atoms with Crippen LogP contribution in [0.2, 0.25) is 0 Å². The van der Waals surface area contributed by atoms with E-state index in [-0.39, 0.29) is 16.6 Å². The van der Waals surface area contributed by atoms with E-state index in [9.17, 15) is 20.1 Å². The summed E-state index contributed by atoms with van der Waals surface area (Å²) >= 11 is 0. The van der Waals surface area contributed by atoms with Gasteiger partial charge in [0.2, 0.25) is 0 Å². The van der Waals surface area contributed by atoms with Gasteiger partial charge in [-0.15, -0.1) is 0 Å². The van der Waals surface area contributed by atoms with Crippen LogP contribution in [-0.4, -0.2) is 39.9 Å². The summed E-state index contributed by atoms with van der Waals surface area (Å²) in [5.41, 5.74) is 0.422. The summed E-state index contributed by atoms with van der Waals surface area (Å²) in [4.78, 5) is 12.2. The zero-order valence-corrected chi connectivity index (χ0v) is 15.4. The highest BCUT2D eigenvalue weighted by molar-refractivity contribution is 5.87. The second-order valence-corrected chi connectivity index (χ2v) is 9.44. The molecule has 0 aromatic heterocycles. The Morgan fingerprint density at radius 3 is 2.50 bits per heavy atom. The van der Waals surface area contributed by atoms with E-state index in [2.05, 4.69) is 26.8 Å². The summed E-state index contributed by atoms with van der Waals surface area (Å²) in [6.45, 7) is 7.97. The quantitative estimate of drug-likeness (QED) is 0.677. The molecule has 0 aromatic carbocycles. The van der Waals surface area contributed by atoms with Crippen molar-refractivity contribution in [2.75, 3.05) is 6.61 Å². The number of aliphatic hydroxyl groups excluding tert-OH is 3. The fraction of sp³-hybridized carbons (Fsp3) is 0.850. The van der Waals surface area contributed by atoms with Crippen molar-refractivity contribution in [2.24, 2.45) is 28.1 Å². The lowest BCUT2D eigenvalue weighted by Crippen LogP contribution is -2.60. The minimum Gasteiger partial charge on any atom is -0.390 e. The molecule has 3 N–H and O–H groups in total. The predicted octanol–water partition coefficient (Wildman–Crippen LogP) is 2.46. The Hall–Kier alpha value is -0.710. The first-order chi connectivity index (χ1) is 11.1. The van der Waals surface area contributed by atoms with Crippen LogP contribution in [0.5, 0.6) is 0 Å². The molecule has 2 fully saturated rings. The fourth-order valence-corrected chi connectivity index (χ4v) is 6.27. The van der Waals surface area contributed by atoms with Crippen LogP contribution >= 0.6 is 0 Å². The Morgan fingerprint density at radius 1 is 1.21 bits per heavy atom. The Bertz CT molecular complexity index is 566. The number of rotatable bonds is 2. The van der Waals surface area contributed by atoms with Crippen molar-refractivity contribution in [3.63, 3.8) is 0 Å². The van der Waals surface area contributed by atoms with Crippen LogP contribution in [-0.2, 0) is 4.79 Å². The molecule has 0 amide bonds. The van der Waals surface area contributed by atoms with Crippen LogP contribution in [0, 0.1) is 28.1 Å². The van der Waals surface area contributed by atoms with Gasteiger partial charge in [-0.2, -0.15) is 0 Å². The van der Waals surface area contributed by atoms with Crippen molar-refractivity contribution in [2.45, 2.75) is 72.0 Å². The van der Waals surface area contributed by atoms with Crippen molar-refractivity contribution in [1.29, 1.82) is 0 Å². The Morgan fingerprint density at radius 2 is 1.88 bits per heavy atom. The van der Waals surface area contributed by atoms with E-state index in [1.165, 1.54) is 5.57 Å². The van der Waals surface area contributed by atoms with Crippen molar-refractivity contribution < 1.29 is 20.1 Å². The van der Waals surface area contributed by atoms with E-state index >= 15 is 0 Å². The number of fused-ring (bicyclic) bond motifs is 3. The number of Topliss-reactive ketones (excluding diaryl/α,β-unsaturated/α-hetero) is 1. The van der Waals surface area contributed by atoms with Crippen molar-refractivity contribution in [3.8, 4) is 0 Å². The zero-order valence-electron chi connectivity index (χ0n) is 15.4. The van der Waals surface area contributed by atoms with Crippen LogP contribution in [0.15, 0.2) is 11.6 Å². The van der Waals surface area contributed by atoms with Gasteiger partial charge in [0, 0.05) is 5.41 Å². The van der Waals surface area contributed by atoms with Gasteiger partial charge in [0.1, 0.15) is 6.61 Å². The average molecular weight is 336 g/mol. The van der Waals surface area contributed by atoms with Gasteiger partial charge >= 0.3 is 0 Å². The minimum absolute atomic E-state index is 0.0458. The third kappa shape index (κ3) is 2.41. The zero-order chi connectivity index (χ0) is 17.9. The normalized spacial score (nSPS) is 47.4. The molecule has 0 unspecified atom stereocenters. The lowest BCUT2D eigenvalue weighted by molar-refractivity contribution is -0.182. The molecule has 0 radical (unpaired) electrons. The smallest absolute Gasteiger partial charge is 0.167 e. The number of carbonyl (C=O) groups is 1. The molecule has 0 saturated heterocycles. The number of carbonyl (C=O) groups excluding carboxylic acids is 1. The second kappa shape index (κ2) is 5.65. The topological polar surface area (TPSA) is 77.8 Å². The summed E-state index contributed by atoms with van der Waals surface area (Å²) in [6.07, 6.45) is 4.98. The number of aliphatic hydroxyl groups is 3. The van der Waals surface area contributed by atoms with E-state index in [4.69, 9.17) is 0 Å². The van der Waals surface area contributed by atoms with Crippen LogP contribution < -0.4 is 0 Å². The summed E-state index contributed by atoms with van der Waals surface area (Å²) < 4.78 is 0. The molecular formula is C20H32O4. The third-order valence-corrected chi connectivity index (χ3v) is 7.67. The van der Waals surface area contributed by atoms with Gasteiger partial charge < -0.3 is 15.3 Å². The van der Waals surface area contributed by atoms with Crippen molar-refractivity contribution >= 4 is 5.78 Å². The van der Waals surface area contributed by atoms with Gasteiger partial charge in [0.15, 0.2) is 5.78 Å². The van der Waals surface area contributed by atoms with Crippen LogP contribution in [0.1, 0.15) is 59.8 Å². The molecule has 3 aliphatic carbocycles. The molecule has 4 nitrogen and oxygen atoms in total. The largest absolute Gasteiger partial charge is 0.390 e. The molecule has 3 aliphatic rings. The average Bonchev–Trinajstić information content (AvgIpc) is 2.51. The molecule has 136 valence electrons. The number of allylic oxidation sites excluding steroid dienone is 2. The van der Waals surface area contributed by atoms with E-state index in [0.29, 0.717) is 18.3 Å². The molecule has 4 heteroatoms. The van der Waals surface area contributed by atoms with E-state index < -0.39 is 24.2 Å². The molecule has 3 rings (SSSR count). The molecular weight excluding hydrogens is 304 g/mol. The van der Waals surface area contributed by atoms with Gasteiger partial charge in [-0.3, -0.25) is 4.79 Å². The Labute approximate surface area is 145 Å². The first-order valence-corrected chi connectivity index (χ1v) is 9.28. The van der Waals surface area contributed by atoms with Crippen LogP contribution in [0.3, 0.4) is 0 Å². The van der Waals surface area contributed by atoms with Gasteiger partial charge in [-0.05, 0) is 61.7 Å². The summed E-state index contributed by atoms with van der Waals surface area (Å²) in [5, 5.41) is 30.3. The molecule has 0 heterocycles. The highest BCUT2D eigenvalue weighted by Crippen LogP contribution is 2.63. The maximum Gasteiger partial charge on any atom is 0.167 e. The SMILES string of the molecule is CC1(C)[C@H](O)[C@H](O)C[C@]2(C)[C@H]3CC[C@@](C)(C(=O)CO)C=C3CC[C@@H]12. The Kier molecular flexibility index (Phi) is 4.26. The lowest BCUT2D eigenvalue weighted by atomic mass is 9.44. The maximum atomic E-state index is 12.2. The summed E-state index contributed by atoms with van der Waals surface area (Å²) in [5.74, 6) is 0.626. The van der Waals surface area contributed by atoms with Gasteiger partial charge in [0.05, 0.1) is 12.2 Å². The second-order valence-electron chi connectivity index (χ2n) is 9.44.